The molecule has 3 heterocycles. The number of benzene rings is 2. The Bertz CT molecular complexity index is 1530. The van der Waals surface area contributed by atoms with Crippen molar-refractivity contribution in [3.05, 3.63) is 64.9 Å². The SMILES string of the molecule is COC(=O)[C@@H]1[C@@H](OC)[C@H](OC(=O)c2cc(OC)c(OC)c(OC)c2)C=C2CN3CCc4c([nH]c5ccccc45)[C@@H]3C[C@@H]21.Cl. The summed E-state index contributed by atoms with van der Waals surface area (Å²) < 4.78 is 33.4. The van der Waals surface area contributed by atoms with Crippen LogP contribution in [-0.4, -0.2) is 82.7 Å². The number of ether oxygens (including phenoxy) is 6. The van der Waals surface area contributed by atoms with E-state index in [0.717, 1.165) is 30.5 Å². The zero-order valence-corrected chi connectivity index (χ0v) is 25.7. The molecule has 10 nitrogen and oxygen atoms in total. The Balaban J connectivity index is 0.00000368. The third kappa shape index (κ3) is 5.21. The molecule has 1 saturated heterocycles. The first kappa shape index (κ1) is 30.7. The number of piperidine rings is 1. The number of aromatic nitrogens is 1. The maximum Gasteiger partial charge on any atom is 0.339 e. The molecule has 1 fully saturated rings. The zero-order chi connectivity index (χ0) is 29.5. The van der Waals surface area contributed by atoms with Gasteiger partial charge in [-0.1, -0.05) is 23.8 Å². The Morgan fingerprint density at radius 2 is 1.70 bits per heavy atom. The molecule has 0 bridgehead atoms. The molecule has 0 spiro atoms. The Morgan fingerprint density at radius 3 is 2.35 bits per heavy atom. The molecular formula is C32H37ClN2O8. The van der Waals surface area contributed by atoms with Crippen LogP contribution in [0.3, 0.4) is 0 Å². The van der Waals surface area contributed by atoms with Crippen molar-refractivity contribution < 1.29 is 38.0 Å². The van der Waals surface area contributed by atoms with E-state index in [9.17, 15) is 9.59 Å². The van der Waals surface area contributed by atoms with Crippen molar-refractivity contribution in [3.8, 4) is 17.2 Å². The summed E-state index contributed by atoms with van der Waals surface area (Å²) in [7, 11) is 7.38. The number of H-pyrrole nitrogens is 1. The molecule has 0 radical (unpaired) electrons. The molecule has 230 valence electrons. The number of nitrogens with one attached hydrogen (secondary N) is 1. The average Bonchev–Trinajstić information content (AvgIpc) is 3.41. The number of halogens is 1. The Hall–Kier alpha value is -3.73. The van der Waals surface area contributed by atoms with Gasteiger partial charge < -0.3 is 33.4 Å². The van der Waals surface area contributed by atoms with Crippen molar-refractivity contribution in [2.75, 3.05) is 48.6 Å². The van der Waals surface area contributed by atoms with Crippen molar-refractivity contribution in [1.82, 2.24) is 9.88 Å². The summed E-state index contributed by atoms with van der Waals surface area (Å²) in [6, 6.07) is 11.6. The van der Waals surface area contributed by atoms with Gasteiger partial charge in [-0.05, 0) is 48.6 Å². The zero-order valence-electron chi connectivity index (χ0n) is 24.9. The normalized spacial score (nSPS) is 24.4. The molecule has 1 N–H and O–H groups in total. The highest BCUT2D eigenvalue weighted by Gasteiger charge is 2.51. The fourth-order valence-electron chi connectivity index (χ4n) is 7.07. The van der Waals surface area contributed by atoms with E-state index in [4.69, 9.17) is 28.4 Å². The minimum absolute atomic E-state index is 0. The smallest absolute Gasteiger partial charge is 0.339 e. The number of methoxy groups -OCH3 is 5. The molecule has 2 aliphatic heterocycles. The Kier molecular flexibility index (Phi) is 8.91. The first-order valence-electron chi connectivity index (χ1n) is 14.1. The molecule has 6 rings (SSSR count). The van der Waals surface area contributed by atoms with Gasteiger partial charge in [0.05, 0.1) is 46.0 Å². The largest absolute Gasteiger partial charge is 0.493 e. The second-order valence-corrected chi connectivity index (χ2v) is 10.9. The third-order valence-corrected chi connectivity index (χ3v) is 8.99. The minimum atomic E-state index is -0.804. The van der Waals surface area contributed by atoms with E-state index in [-0.39, 0.29) is 35.9 Å². The van der Waals surface area contributed by atoms with Crippen molar-refractivity contribution >= 4 is 35.2 Å². The van der Waals surface area contributed by atoms with Crippen LogP contribution in [0.2, 0.25) is 0 Å². The molecular weight excluding hydrogens is 576 g/mol. The summed E-state index contributed by atoms with van der Waals surface area (Å²) in [4.78, 5) is 32.9. The number of para-hydroxylation sites is 1. The predicted molar refractivity (Wildman–Crippen MR) is 161 cm³/mol. The van der Waals surface area contributed by atoms with Crippen LogP contribution in [0.25, 0.3) is 10.9 Å². The molecule has 11 heteroatoms. The van der Waals surface area contributed by atoms with Crippen LogP contribution in [0.5, 0.6) is 17.2 Å². The van der Waals surface area contributed by atoms with Crippen LogP contribution in [-0.2, 0) is 25.4 Å². The average molecular weight is 613 g/mol. The van der Waals surface area contributed by atoms with Crippen molar-refractivity contribution in [3.63, 3.8) is 0 Å². The number of nitrogens with zero attached hydrogens (tertiary/aromatic N) is 1. The topological polar surface area (TPSA) is 109 Å². The number of fused-ring (bicyclic) bond motifs is 6. The number of esters is 2. The van der Waals surface area contributed by atoms with Crippen LogP contribution in [0, 0.1) is 11.8 Å². The van der Waals surface area contributed by atoms with Gasteiger partial charge in [-0.15, -0.1) is 12.4 Å². The van der Waals surface area contributed by atoms with E-state index in [2.05, 4.69) is 28.1 Å². The van der Waals surface area contributed by atoms with Gasteiger partial charge in [-0.2, -0.15) is 0 Å². The van der Waals surface area contributed by atoms with Crippen LogP contribution in [0.1, 0.15) is 34.1 Å². The van der Waals surface area contributed by atoms with Gasteiger partial charge in [0.25, 0.3) is 0 Å². The van der Waals surface area contributed by atoms with Gasteiger partial charge >= 0.3 is 11.9 Å². The summed E-state index contributed by atoms with van der Waals surface area (Å²) in [6.07, 6.45) is 2.09. The van der Waals surface area contributed by atoms with Crippen molar-refractivity contribution in [1.29, 1.82) is 0 Å². The highest BCUT2D eigenvalue weighted by molar-refractivity contribution is 5.91. The highest BCUT2D eigenvalue weighted by Crippen LogP contribution is 2.48. The third-order valence-electron chi connectivity index (χ3n) is 8.99. The molecule has 3 aromatic rings. The highest BCUT2D eigenvalue weighted by atomic mass is 35.5. The lowest BCUT2D eigenvalue weighted by Gasteiger charge is -2.49. The van der Waals surface area contributed by atoms with Crippen LogP contribution in [0.4, 0.5) is 0 Å². The van der Waals surface area contributed by atoms with E-state index in [1.807, 2.05) is 12.1 Å². The van der Waals surface area contributed by atoms with Crippen molar-refractivity contribution in [2.24, 2.45) is 11.8 Å². The molecule has 5 atom stereocenters. The van der Waals surface area contributed by atoms with E-state index in [0.29, 0.717) is 23.8 Å². The number of carbonyl (C=O) groups excluding carboxylic acids is 2. The maximum absolute atomic E-state index is 13.5. The molecule has 3 aliphatic rings. The Labute approximate surface area is 256 Å². The maximum atomic E-state index is 13.5. The molecule has 2 aromatic carbocycles. The molecule has 43 heavy (non-hydrogen) atoms. The number of rotatable bonds is 7. The van der Waals surface area contributed by atoms with Gasteiger partial charge in [-0.25, -0.2) is 4.79 Å². The molecule has 1 aliphatic carbocycles. The first-order chi connectivity index (χ1) is 20.4. The minimum Gasteiger partial charge on any atom is -0.493 e. The summed E-state index contributed by atoms with van der Waals surface area (Å²) in [5, 5.41) is 1.26. The first-order valence-corrected chi connectivity index (χ1v) is 14.1. The van der Waals surface area contributed by atoms with Gasteiger partial charge in [-0.3, -0.25) is 9.69 Å². The summed E-state index contributed by atoms with van der Waals surface area (Å²) in [5.41, 5.74) is 4.98. The number of aromatic amines is 1. The molecule has 1 aromatic heterocycles. The van der Waals surface area contributed by atoms with Gasteiger partial charge in [0.2, 0.25) is 5.75 Å². The van der Waals surface area contributed by atoms with Gasteiger partial charge in [0.1, 0.15) is 12.2 Å². The van der Waals surface area contributed by atoms with Crippen LogP contribution in [0.15, 0.2) is 48.0 Å². The quantitative estimate of drug-likeness (QED) is 0.305. The number of carbonyl (C=O) groups is 2. The molecule has 0 amide bonds. The van der Waals surface area contributed by atoms with E-state index in [1.54, 1.807) is 12.1 Å². The van der Waals surface area contributed by atoms with Crippen LogP contribution < -0.4 is 14.2 Å². The predicted octanol–water partition coefficient (Wildman–Crippen LogP) is 4.50. The van der Waals surface area contributed by atoms with Crippen molar-refractivity contribution in [2.45, 2.75) is 31.1 Å². The number of hydrogen-bond donors (Lipinski definition) is 1. The van der Waals surface area contributed by atoms with Gasteiger partial charge in [0.15, 0.2) is 11.5 Å². The fraction of sp³-hybridized carbons (Fsp3) is 0.438. The number of hydrogen-bond acceptors (Lipinski definition) is 9. The summed E-state index contributed by atoms with van der Waals surface area (Å²) in [5.74, 6) is -0.715. The summed E-state index contributed by atoms with van der Waals surface area (Å²) in [6.45, 7) is 1.56. The van der Waals surface area contributed by atoms with E-state index < -0.39 is 24.1 Å². The van der Waals surface area contributed by atoms with E-state index in [1.165, 1.54) is 52.2 Å². The second kappa shape index (κ2) is 12.5. The Morgan fingerprint density at radius 1 is 0.977 bits per heavy atom. The fourth-order valence-corrected chi connectivity index (χ4v) is 7.07. The van der Waals surface area contributed by atoms with E-state index >= 15 is 0 Å². The monoisotopic (exact) mass is 612 g/mol. The lowest BCUT2D eigenvalue weighted by atomic mass is 9.69. The lowest BCUT2D eigenvalue weighted by molar-refractivity contribution is -0.159. The van der Waals surface area contributed by atoms with Crippen LogP contribution >= 0.6 is 12.4 Å². The summed E-state index contributed by atoms with van der Waals surface area (Å²) >= 11 is 0. The second-order valence-electron chi connectivity index (χ2n) is 10.9. The van der Waals surface area contributed by atoms with Gasteiger partial charge in [0, 0.05) is 36.8 Å². The standard InChI is InChI=1S/C32H36N2O8.ClH/c1-37-24-12-17(13-25(38-2)29(24)39-3)31(35)42-26-14-18-16-34-11-10-20-19-8-6-7-9-22(19)33-28(20)23(34)15-21(18)27(30(26)40-4)32(36)41-5;/h6-9,12-14,21,23,26-27,30,33H,10-11,15-16H2,1-5H3;1H/t21-,23-,26+,27-,30-;/m0./s1. The molecule has 0 unspecified atom stereocenters. The lowest BCUT2D eigenvalue weighted by Crippen LogP contribution is -2.53. The molecule has 0 saturated carbocycles.